The molecule has 2 aliphatic rings. The SMILES string of the molecule is CCCCOc1ccc(-c2cc(Cn3ccc4nc(-c5cccc(F)c5F)nc-4c3)on2)cc1. The van der Waals surface area contributed by atoms with Gasteiger partial charge in [-0.2, -0.15) is 0 Å². The fourth-order valence-corrected chi connectivity index (χ4v) is 3.61. The summed E-state index contributed by atoms with van der Waals surface area (Å²) in [5, 5.41) is 4.18. The molecule has 0 spiro atoms. The van der Waals surface area contributed by atoms with Crippen LogP contribution in [0.25, 0.3) is 34.0 Å². The van der Waals surface area contributed by atoms with Crippen LogP contribution in [-0.4, -0.2) is 26.3 Å². The van der Waals surface area contributed by atoms with Crippen molar-refractivity contribution < 1.29 is 18.0 Å². The summed E-state index contributed by atoms with van der Waals surface area (Å²) in [6.07, 6.45) is 5.73. The van der Waals surface area contributed by atoms with Crippen molar-refractivity contribution in [3.8, 4) is 39.8 Å². The first-order valence-electron chi connectivity index (χ1n) is 11.1. The van der Waals surface area contributed by atoms with Gasteiger partial charge in [-0.15, -0.1) is 0 Å². The predicted molar refractivity (Wildman–Crippen MR) is 123 cm³/mol. The van der Waals surface area contributed by atoms with Crippen LogP contribution in [0.1, 0.15) is 25.5 Å². The van der Waals surface area contributed by atoms with Crippen LogP contribution in [0, 0.1) is 11.6 Å². The normalized spacial score (nSPS) is 11.3. The zero-order valence-electron chi connectivity index (χ0n) is 18.5. The van der Waals surface area contributed by atoms with Gasteiger partial charge in [0.15, 0.2) is 23.2 Å². The Labute approximate surface area is 195 Å². The number of benzene rings is 2. The van der Waals surface area contributed by atoms with Crippen molar-refractivity contribution in [2.24, 2.45) is 0 Å². The molecule has 0 fully saturated rings. The van der Waals surface area contributed by atoms with E-state index in [4.69, 9.17) is 9.26 Å². The van der Waals surface area contributed by atoms with Crippen LogP contribution in [0.5, 0.6) is 5.75 Å². The van der Waals surface area contributed by atoms with Crippen LogP contribution >= 0.6 is 0 Å². The molecule has 34 heavy (non-hydrogen) atoms. The zero-order valence-corrected chi connectivity index (χ0v) is 18.5. The molecule has 0 unspecified atom stereocenters. The van der Waals surface area contributed by atoms with Crippen molar-refractivity contribution >= 4 is 0 Å². The summed E-state index contributed by atoms with van der Waals surface area (Å²) in [6, 6.07) is 15.4. The number of nitrogens with zero attached hydrogens (tertiary/aromatic N) is 4. The maximum Gasteiger partial charge on any atom is 0.169 e. The molecule has 0 aliphatic carbocycles. The second kappa shape index (κ2) is 9.43. The highest BCUT2D eigenvalue weighted by molar-refractivity contribution is 5.66. The molecular weight excluding hydrogens is 438 g/mol. The van der Waals surface area contributed by atoms with Crippen molar-refractivity contribution in [1.29, 1.82) is 0 Å². The molecule has 8 heteroatoms. The number of pyridine rings is 1. The molecule has 3 aromatic rings. The van der Waals surface area contributed by atoms with Gasteiger partial charge in [-0.25, -0.2) is 18.7 Å². The number of halogens is 2. The second-order valence-electron chi connectivity index (χ2n) is 7.94. The van der Waals surface area contributed by atoms with Gasteiger partial charge in [-0.3, -0.25) is 0 Å². The molecule has 2 aliphatic heterocycles. The lowest BCUT2D eigenvalue weighted by molar-refractivity contribution is 0.309. The third-order valence-corrected chi connectivity index (χ3v) is 5.43. The summed E-state index contributed by atoms with van der Waals surface area (Å²) >= 11 is 0. The van der Waals surface area contributed by atoms with E-state index in [-0.39, 0.29) is 11.4 Å². The monoisotopic (exact) mass is 460 g/mol. The number of hydrogen-bond acceptors (Lipinski definition) is 5. The maximum atomic E-state index is 14.1. The standard InChI is InChI=1S/C26H22F2N4O2/c1-2-3-13-33-18-9-7-17(8-10-18)23-14-19(34-31-23)15-32-12-11-22-24(16-32)30-26(29-22)20-5-4-6-21(27)25(20)28/h4-12,14,16H,2-3,13,15H2,1H3. The van der Waals surface area contributed by atoms with Crippen molar-refractivity contribution in [3.05, 3.63) is 84.4 Å². The number of ether oxygens (including phenoxy) is 1. The Bertz CT molecular complexity index is 1380. The molecule has 2 aromatic carbocycles. The summed E-state index contributed by atoms with van der Waals surface area (Å²) in [5.41, 5.74) is 2.86. The minimum atomic E-state index is -0.958. The fourth-order valence-electron chi connectivity index (χ4n) is 3.61. The summed E-state index contributed by atoms with van der Waals surface area (Å²) < 4.78 is 40.8. The minimum absolute atomic E-state index is 0.0319. The summed E-state index contributed by atoms with van der Waals surface area (Å²) in [6.45, 7) is 3.26. The number of rotatable bonds is 8. The molecule has 5 rings (SSSR count). The Morgan fingerprint density at radius 3 is 2.62 bits per heavy atom. The van der Waals surface area contributed by atoms with E-state index >= 15 is 0 Å². The maximum absolute atomic E-state index is 14.1. The van der Waals surface area contributed by atoms with E-state index in [1.165, 1.54) is 12.1 Å². The highest BCUT2D eigenvalue weighted by Crippen LogP contribution is 2.28. The molecule has 0 saturated carbocycles. The van der Waals surface area contributed by atoms with E-state index in [9.17, 15) is 8.78 Å². The van der Waals surface area contributed by atoms with Crippen molar-refractivity contribution in [2.45, 2.75) is 26.3 Å². The quantitative estimate of drug-likeness (QED) is 0.258. The van der Waals surface area contributed by atoms with E-state index < -0.39 is 11.6 Å². The second-order valence-corrected chi connectivity index (χ2v) is 7.94. The lowest BCUT2D eigenvalue weighted by atomic mass is 10.1. The zero-order chi connectivity index (χ0) is 23.5. The first-order chi connectivity index (χ1) is 16.6. The van der Waals surface area contributed by atoms with Crippen LogP contribution < -0.4 is 4.74 Å². The van der Waals surface area contributed by atoms with Gasteiger partial charge < -0.3 is 13.8 Å². The van der Waals surface area contributed by atoms with Crippen LogP contribution in [0.4, 0.5) is 8.78 Å². The molecular formula is C26H22F2N4O2. The van der Waals surface area contributed by atoms with Gasteiger partial charge in [0.25, 0.3) is 0 Å². The molecule has 0 amide bonds. The number of hydrogen-bond donors (Lipinski definition) is 0. The Balaban J connectivity index is 1.31. The van der Waals surface area contributed by atoms with Crippen molar-refractivity contribution in [1.82, 2.24) is 19.7 Å². The molecule has 172 valence electrons. The van der Waals surface area contributed by atoms with Crippen molar-refractivity contribution in [3.63, 3.8) is 0 Å². The van der Waals surface area contributed by atoms with Crippen LogP contribution in [0.2, 0.25) is 0 Å². The van der Waals surface area contributed by atoms with Gasteiger partial charge in [0.2, 0.25) is 0 Å². The Morgan fingerprint density at radius 1 is 0.971 bits per heavy atom. The van der Waals surface area contributed by atoms with Crippen LogP contribution in [0.3, 0.4) is 0 Å². The Hall–Kier alpha value is -4.07. The highest BCUT2D eigenvalue weighted by atomic mass is 19.2. The first kappa shape index (κ1) is 21.8. The smallest absolute Gasteiger partial charge is 0.169 e. The van der Waals surface area contributed by atoms with E-state index in [0.717, 1.165) is 35.9 Å². The summed E-state index contributed by atoms with van der Waals surface area (Å²) in [4.78, 5) is 8.71. The highest BCUT2D eigenvalue weighted by Gasteiger charge is 2.18. The minimum Gasteiger partial charge on any atom is -0.494 e. The first-order valence-corrected chi connectivity index (χ1v) is 11.1. The molecule has 0 radical (unpaired) electrons. The third-order valence-electron chi connectivity index (χ3n) is 5.43. The van der Waals surface area contributed by atoms with Crippen LogP contribution in [0.15, 0.2) is 71.5 Å². The van der Waals surface area contributed by atoms with E-state index in [1.807, 2.05) is 41.1 Å². The summed E-state index contributed by atoms with van der Waals surface area (Å²) in [5.74, 6) is -0.243. The number of imidazole rings is 1. The Kier molecular flexibility index (Phi) is 6.03. The Morgan fingerprint density at radius 2 is 1.79 bits per heavy atom. The lowest BCUT2D eigenvalue weighted by Gasteiger charge is -2.05. The van der Waals surface area contributed by atoms with E-state index in [0.29, 0.717) is 30.3 Å². The predicted octanol–water partition coefficient (Wildman–Crippen LogP) is 6.21. The number of fused-ring (bicyclic) bond motifs is 1. The van der Waals surface area contributed by atoms with Crippen LogP contribution in [-0.2, 0) is 6.54 Å². The number of aromatic nitrogens is 4. The average Bonchev–Trinajstić information content (AvgIpc) is 3.48. The molecule has 0 atom stereocenters. The third kappa shape index (κ3) is 4.52. The fraction of sp³-hybridized carbons (Fsp3) is 0.192. The largest absolute Gasteiger partial charge is 0.494 e. The topological polar surface area (TPSA) is 66.0 Å². The van der Waals surface area contributed by atoms with Gasteiger partial charge >= 0.3 is 0 Å². The molecule has 3 heterocycles. The van der Waals surface area contributed by atoms with Gasteiger partial charge in [-0.1, -0.05) is 24.6 Å². The van der Waals surface area contributed by atoms with Crippen molar-refractivity contribution in [2.75, 3.05) is 6.61 Å². The van der Waals surface area contributed by atoms with Gasteiger partial charge in [-0.05, 0) is 48.9 Å². The molecule has 0 bridgehead atoms. The molecule has 1 aromatic heterocycles. The molecule has 0 saturated heterocycles. The van der Waals surface area contributed by atoms with E-state index in [2.05, 4.69) is 22.0 Å². The molecule has 6 nitrogen and oxygen atoms in total. The average molecular weight is 460 g/mol. The van der Waals surface area contributed by atoms with Gasteiger partial charge in [0.1, 0.15) is 17.1 Å². The molecule has 0 N–H and O–H groups in total. The number of unbranched alkanes of at least 4 members (excludes halogenated alkanes) is 1. The van der Waals surface area contributed by atoms with Gasteiger partial charge in [0.05, 0.1) is 24.4 Å². The van der Waals surface area contributed by atoms with E-state index in [1.54, 1.807) is 12.3 Å². The van der Waals surface area contributed by atoms with Gasteiger partial charge in [0, 0.05) is 24.0 Å². The summed E-state index contributed by atoms with van der Waals surface area (Å²) in [7, 11) is 0. The lowest BCUT2D eigenvalue weighted by Crippen LogP contribution is -1.99.